The summed E-state index contributed by atoms with van der Waals surface area (Å²) in [6.45, 7) is 3.70. The van der Waals surface area contributed by atoms with E-state index in [4.69, 9.17) is 28.4 Å². The fourth-order valence-electron chi connectivity index (χ4n) is 9.79. The molecule has 0 amide bonds. The van der Waals surface area contributed by atoms with Gasteiger partial charge in [-0.2, -0.15) is 0 Å². The molecule has 0 aromatic rings. The summed E-state index contributed by atoms with van der Waals surface area (Å²) in [4.78, 5) is 13.1. The number of aliphatic hydroxyl groups excluding tert-OH is 7. The molecule has 436 valence electrons. The molecule has 2 aliphatic heterocycles. The van der Waals surface area contributed by atoms with Crippen molar-refractivity contribution in [2.24, 2.45) is 0 Å². The Morgan fingerprint density at radius 2 is 0.838 bits per heavy atom. The van der Waals surface area contributed by atoms with Crippen molar-refractivity contribution in [1.82, 2.24) is 0 Å². The van der Waals surface area contributed by atoms with E-state index in [9.17, 15) is 40.5 Å². The van der Waals surface area contributed by atoms with E-state index in [0.717, 1.165) is 51.4 Å². The van der Waals surface area contributed by atoms with Gasteiger partial charge in [-0.1, -0.05) is 224 Å². The molecule has 0 spiro atoms. The molecule has 2 fully saturated rings. The van der Waals surface area contributed by atoms with Gasteiger partial charge in [0.1, 0.15) is 54.9 Å². The summed E-state index contributed by atoms with van der Waals surface area (Å²) in [5.41, 5.74) is 0. The highest BCUT2D eigenvalue weighted by Crippen LogP contribution is 2.27. The highest BCUT2D eigenvalue weighted by Gasteiger charge is 2.47. The lowest BCUT2D eigenvalue weighted by Gasteiger charge is -2.42. The third-order valence-corrected chi connectivity index (χ3v) is 14.7. The summed E-state index contributed by atoms with van der Waals surface area (Å²) in [6.07, 6.45) is 38.1. The van der Waals surface area contributed by atoms with E-state index in [-0.39, 0.29) is 25.6 Å². The first-order chi connectivity index (χ1) is 36.1. The molecule has 11 unspecified atom stereocenters. The molecule has 0 aromatic heterocycles. The Bertz CT molecular complexity index is 1320. The molecule has 74 heavy (non-hydrogen) atoms. The molecule has 2 saturated heterocycles. The summed E-state index contributed by atoms with van der Waals surface area (Å²) in [5.74, 6) is -0.372. The topological polar surface area (TPSA) is 214 Å². The van der Waals surface area contributed by atoms with E-state index in [0.29, 0.717) is 13.0 Å². The molecule has 0 aliphatic carbocycles. The predicted octanol–water partition coefficient (Wildman–Crippen LogP) is 11.1. The number of aliphatic hydroxyl groups is 7. The third-order valence-electron chi connectivity index (χ3n) is 14.7. The van der Waals surface area contributed by atoms with Gasteiger partial charge in [-0.15, -0.1) is 0 Å². The van der Waals surface area contributed by atoms with Crippen molar-refractivity contribution in [2.75, 3.05) is 33.0 Å². The van der Waals surface area contributed by atoms with Crippen LogP contribution in [0, 0.1) is 0 Å². The van der Waals surface area contributed by atoms with Gasteiger partial charge in [-0.25, -0.2) is 0 Å². The number of ether oxygens (including phenoxy) is 6. The number of allylic oxidation sites excluding steroid dienone is 4. The first-order valence-corrected chi connectivity index (χ1v) is 30.4. The summed E-state index contributed by atoms with van der Waals surface area (Å²) in [5, 5.41) is 72.4. The Hall–Kier alpha value is -1.53. The van der Waals surface area contributed by atoms with Crippen LogP contribution in [0.3, 0.4) is 0 Å². The third kappa shape index (κ3) is 33.7. The lowest BCUT2D eigenvalue weighted by molar-refractivity contribution is -0.332. The average molecular weight is 1060 g/mol. The van der Waals surface area contributed by atoms with Gasteiger partial charge in [0.05, 0.1) is 26.4 Å². The molecular formula is C60H112O14. The summed E-state index contributed by atoms with van der Waals surface area (Å²) >= 11 is 0. The largest absolute Gasteiger partial charge is 0.457 e. The minimum atomic E-state index is -1.71. The van der Waals surface area contributed by atoms with Crippen LogP contribution < -0.4 is 0 Å². The molecule has 0 aromatic carbocycles. The molecule has 11 atom stereocenters. The highest BCUT2D eigenvalue weighted by molar-refractivity contribution is 5.69. The molecule has 0 bridgehead atoms. The second kappa shape index (κ2) is 47.5. The first-order valence-electron chi connectivity index (χ1n) is 30.4. The van der Waals surface area contributed by atoms with Crippen molar-refractivity contribution in [3.8, 4) is 0 Å². The molecule has 2 rings (SSSR count). The number of carbonyl (C=O) groups is 1. The average Bonchev–Trinajstić information content (AvgIpc) is 3.40. The summed E-state index contributed by atoms with van der Waals surface area (Å²) in [6, 6.07) is 0. The SMILES string of the molecule is CCCCC/C=C\C/C=C\CCCCCCCCCCOCC(COC1OC(COC2OC(CO)C(O)C(O)C2O)C(O)C(O)C1O)OC(=O)CCCCCCCCCCCCCCCCCCCCCCCC. The normalized spacial score (nSPS) is 24.9. The van der Waals surface area contributed by atoms with E-state index < -0.39 is 80.7 Å². The van der Waals surface area contributed by atoms with E-state index in [1.54, 1.807) is 0 Å². The van der Waals surface area contributed by atoms with Crippen LogP contribution in [0.25, 0.3) is 0 Å². The second-order valence-corrected chi connectivity index (χ2v) is 21.5. The van der Waals surface area contributed by atoms with Crippen molar-refractivity contribution >= 4 is 5.97 Å². The zero-order chi connectivity index (χ0) is 53.7. The van der Waals surface area contributed by atoms with Gasteiger partial charge in [0.25, 0.3) is 0 Å². The van der Waals surface area contributed by atoms with E-state index >= 15 is 0 Å². The zero-order valence-corrected chi connectivity index (χ0v) is 46.8. The highest BCUT2D eigenvalue weighted by atomic mass is 16.7. The van der Waals surface area contributed by atoms with Gasteiger partial charge >= 0.3 is 5.97 Å². The first kappa shape index (κ1) is 68.6. The molecule has 0 radical (unpaired) electrons. The Labute approximate surface area is 449 Å². The van der Waals surface area contributed by atoms with Gasteiger partial charge in [0.15, 0.2) is 12.6 Å². The maximum atomic E-state index is 13.1. The minimum absolute atomic E-state index is 0.0619. The van der Waals surface area contributed by atoms with Crippen LogP contribution in [-0.2, 0) is 33.2 Å². The quantitative estimate of drug-likeness (QED) is 0.0172. The van der Waals surface area contributed by atoms with Gasteiger partial charge < -0.3 is 64.2 Å². The van der Waals surface area contributed by atoms with Gasteiger partial charge in [0.2, 0.25) is 0 Å². The smallest absolute Gasteiger partial charge is 0.306 e. The van der Waals surface area contributed by atoms with Crippen LogP contribution in [0.2, 0.25) is 0 Å². The Morgan fingerprint density at radius 1 is 0.446 bits per heavy atom. The van der Waals surface area contributed by atoms with Crippen LogP contribution >= 0.6 is 0 Å². The van der Waals surface area contributed by atoms with E-state index in [2.05, 4.69) is 38.2 Å². The maximum absolute atomic E-state index is 13.1. The number of carbonyl (C=O) groups excluding carboxylic acids is 1. The van der Waals surface area contributed by atoms with Crippen molar-refractivity contribution in [3.05, 3.63) is 24.3 Å². The number of unbranched alkanes of at least 4 members (excludes halogenated alkanes) is 32. The molecule has 7 N–H and O–H groups in total. The fraction of sp³-hybridized carbons (Fsp3) is 0.917. The zero-order valence-electron chi connectivity index (χ0n) is 46.8. The fourth-order valence-corrected chi connectivity index (χ4v) is 9.79. The number of hydrogen-bond acceptors (Lipinski definition) is 14. The number of esters is 1. The monoisotopic (exact) mass is 1060 g/mol. The summed E-state index contributed by atoms with van der Waals surface area (Å²) < 4.78 is 34.4. The second-order valence-electron chi connectivity index (χ2n) is 21.5. The van der Waals surface area contributed by atoms with Crippen LogP contribution in [-0.4, -0.2) is 142 Å². The van der Waals surface area contributed by atoms with Crippen LogP contribution in [0.15, 0.2) is 24.3 Å². The van der Waals surface area contributed by atoms with Crippen molar-refractivity contribution in [1.29, 1.82) is 0 Å². The van der Waals surface area contributed by atoms with E-state index in [1.165, 1.54) is 173 Å². The van der Waals surface area contributed by atoms with Gasteiger partial charge in [-0.3, -0.25) is 4.79 Å². The van der Waals surface area contributed by atoms with Crippen LogP contribution in [0.4, 0.5) is 0 Å². The Morgan fingerprint density at radius 3 is 1.32 bits per heavy atom. The molecule has 14 heteroatoms. The van der Waals surface area contributed by atoms with E-state index in [1.807, 2.05) is 0 Å². The van der Waals surface area contributed by atoms with Crippen LogP contribution in [0.5, 0.6) is 0 Å². The Balaban J connectivity index is 1.69. The van der Waals surface area contributed by atoms with Crippen molar-refractivity contribution in [2.45, 2.75) is 319 Å². The summed E-state index contributed by atoms with van der Waals surface area (Å²) in [7, 11) is 0. The van der Waals surface area contributed by atoms with Gasteiger partial charge in [-0.05, 0) is 44.9 Å². The molecule has 14 nitrogen and oxygen atoms in total. The lowest BCUT2D eigenvalue weighted by Crippen LogP contribution is -2.61. The maximum Gasteiger partial charge on any atom is 0.306 e. The lowest BCUT2D eigenvalue weighted by atomic mass is 9.98. The van der Waals surface area contributed by atoms with Crippen LogP contribution in [0.1, 0.15) is 251 Å². The molecule has 2 aliphatic rings. The van der Waals surface area contributed by atoms with Crippen molar-refractivity contribution < 1.29 is 69.0 Å². The Kier molecular flexibility index (Phi) is 44.0. The molecule has 0 saturated carbocycles. The van der Waals surface area contributed by atoms with Crippen molar-refractivity contribution in [3.63, 3.8) is 0 Å². The minimum Gasteiger partial charge on any atom is -0.457 e. The molecular weight excluding hydrogens is 945 g/mol. The number of rotatable bonds is 50. The molecule has 2 heterocycles. The predicted molar refractivity (Wildman–Crippen MR) is 294 cm³/mol. The standard InChI is InChI=1S/C60H112O14/c1-3-5-7-9-11-13-15-17-19-21-23-24-25-26-27-29-31-33-35-37-39-41-43-52(62)72-49(46-69-44-42-40-38-36-34-32-30-28-22-20-18-16-14-12-10-8-6-4-2)47-70-59-58(68)56(66)54(64)51(74-59)48-71-60-57(67)55(65)53(63)50(45-61)73-60/h12,14,18,20,49-51,53-61,63-68H,3-11,13,15-17,19,21-48H2,1-2H3/b14-12-,20-18-. The number of hydrogen-bond donors (Lipinski definition) is 7. The van der Waals surface area contributed by atoms with Gasteiger partial charge in [0, 0.05) is 13.0 Å².